The Bertz CT molecular complexity index is 315. The summed E-state index contributed by atoms with van der Waals surface area (Å²) in [6, 6.07) is 2.01. The number of pyridine rings is 1. The molecular weight excluding hydrogens is 288 g/mol. The van der Waals surface area contributed by atoms with Gasteiger partial charge >= 0.3 is 0 Å². The maximum atomic E-state index is 4.05. The summed E-state index contributed by atoms with van der Waals surface area (Å²) in [6.07, 6.45) is 14.6. The van der Waals surface area contributed by atoms with Gasteiger partial charge < -0.3 is 5.32 Å². The van der Waals surface area contributed by atoms with Gasteiger partial charge in [0.25, 0.3) is 0 Å². The highest BCUT2D eigenvalue weighted by atomic mass is 79.9. The Kier molecular flexibility index (Phi) is 8.92. The fourth-order valence-electron chi connectivity index (χ4n) is 2.00. The first-order valence-electron chi connectivity index (χ1n) is 7.18. The van der Waals surface area contributed by atoms with Crippen molar-refractivity contribution in [1.82, 2.24) is 4.98 Å². The van der Waals surface area contributed by atoms with Gasteiger partial charge in [0.05, 0.1) is 10.2 Å². The van der Waals surface area contributed by atoms with Crippen LogP contribution in [0.1, 0.15) is 58.3 Å². The van der Waals surface area contributed by atoms with E-state index >= 15 is 0 Å². The van der Waals surface area contributed by atoms with Crippen LogP contribution in [-0.2, 0) is 0 Å². The fourth-order valence-corrected chi connectivity index (χ4v) is 2.39. The molecule has 0 spiro atoms. The summed E-state index contributed by atoms with van der Waals surface area (Å²) in [4.78, 5) is 4.05. The molecule has 0 amide bonds. The van der Waals surface area contributed by atoms with Crippen LogP contribution in [0, 0.1) is 0 Å². The fraction of sp³-hybridized carbons (Fsp3) is 0.667. The van der Waals surface area contributed by atoms with Gasteiger partial charge in [0, 0.05) is 18.9 Å². The zero-order valence-electron chi connectivity index (χ0n) is 11.4. The molecule has 0 atom stereocenters. The summed E-state index contributed by atoms with van der Waals surface area (Å²) >= 11 is 3.49. The van der Waals surface area contributed by atoms with Crippen LogP contribution in [0.25, 0.3) is 0 Å². The first-order chi connectivity index (χ1) is 8.84. The third-order valence-electron chi connectivity index (χ3n) is 3.12. The van der Waals surface area contributed by atoms with Crippen LogP contribution in [0.15, 0.2) is 22.9 Å². The van der Waals surface area contributed by atoms with Crippen LogP contribution in [-0.4, -0.2) is 11.5 Å². The molecule has 2 nitrogen and oxygen atoms in total. The van der Waals surface area contributed by atoms with Crippen LogP contribution < -0.4 is 5.32 Å². The van der Waals surface area contributed by atoms with Crippen molar-refractivity contribution in [3.05, 3.63) is 22.9 Å². The van der Waals surface area contributed by atoms with Crippen molar-refractivity contribution < 1.29 is 0 Å². The molecule has 102 valence electrons. The number of nitrogens with zero attached hydrogens (tertiary/aromatic N) is 1. The molecule has 0 aliphatic carbocycles. The molecule has 0 fully saturated rings. The van der Waals surface area contributed by atoms with Gasteiger partial charge in [-0.05, 0) is 28.4 Å². The average molecular weight is 313 g/mol. The topological polar surface area (TPSA) is 24.9 Å². The molecule has 0 radical (unpaired) electrons. The van der Waals surface area contributed by atoms with Crippen molar-refractivity contribution >= 4 is 21.6 Å². The second-order valence-electron chi connectivity index (χ2n) is 4.76. The molecule has 1 rings (SSSR count). The Morgan fingerprint density at radius 2 is 1.72 bits per heavy atom. The van der Waals surface area contributed by atoms with Crippen molar-refractivity contribution in [2.45, 2.75) is 58.3 Å². The van der Waals surface area contributed by atoms with Gasteiger partial charge in [-0.1, -0.05) is 51.9 Å². The highest BCUT2D eigenvalue weighted by Gasteiger charge is 1.97. The number of anilines is 1. The summed E-state index contributed by atoms with van der Waals surface area (Å²) in [5.74, 6) is 0. The van der Waals surface area contributed by atoms with Crippen molar-refractivity contribution in [3.63, 3.8) is 0 Å². The van der Waals surface area contributed by atoms with E-state index in [0.717, 1.165) is 16.7 Å². The molecule has 0 saturated heterocycles. The van der Waals surface area contributed by atoms with Crippen molar-refractivity contribution in [3.8, 4) is 0 Å². The van der Waals surface area contributed by atoms with Gasteiger partial charge in [0.15, 0.2) is 0 Å². The number of nitrogens with one attached hydrogen (secondary N) is 1. The maximum Gasteiger partial charge on any atom is 0.0590 e. The van der Waals surface area contributed by atoms with Gasteiger partial charge in [-0.3, -0.25) is 4.98 Å². The zero-order valence-corrected chi connectivity index (χ0v) is 13.0. The summed E-state index contributed by atoms with van der Waals surface area (Å²) in [7, 11) is 0. The highest BCUT2D eigenvalue weighted by molar-refractivity contribution is 9.10. The van der Waals surface area contributed by atoms with Crippen molar-refractivity contribution in [1.29, 1.82) is 0 Å². The van der Waals surface area contributed by atoms with Gasteiger partial charge in [-0.2, -0.15) is 0 Å². The van der Waals surface area contributed by atoms with Crippen LogP contribution in [0.4, 0.5) is 5.69 Å². The van der Waals surface area contributed by atoms with E-state index in [9.17, 15) is 0 Å². The molecular formula is C15H25BrN2. The molecule has 18 heavy (non-hydrogen) atoms. The molecule has 0 aromatic carbocycles. The minimum Gasteiger partial charge on any atom is -0.384 e. The van der Waals surface area contributed by atoms with E-state index in [-0.39, 0.29) is 0 Å². The Morgan fingerprint density at radius 3 is 2.39 bits per heavy atom. The molecule has 0 saturated carbocycles. The quantitative estimate of drug-likeness (QED) is 0.585. The predicted molar refractivity (Wildman–Crippen MR) is 83.0 cm³/mol. The normalized spacial score (nSPS) is 10.6. The molecule has 1 heterocycles. The van der Waals surface area contributed by atoms with E-state index in [1.165, 1.54) is 51.4 Å². The van der Waals surface area contributed by atoms with E-state index in [0.29, 0.717) is 0 Å². The average Bonchev–Trinajstić information content (AvgIpc) is 2.39. The molecule has 0 unspecified atom stereocenters. The Hall–Kier alpha value is -0.570. The zero-order chi connectivity index (χ0) is 13.1. The van der Waals surface area contributed by atoms with Crippen molar-refractivity contribution in [2.24, 2.45) is 0 Å². The van der Waals surface area contributed by atoms with Gasteiger partial charge in [0.2, 0.25) is 0 Å². The molecule has 0 aliphatic rings. The number of halogens is 1. The number of aromatic nitrogens is 1. The lowest BCUT2D eigenvalue weighted by Gasteiger charge is -2.07. The van der Waals surface area contributed by atoms with E-state index in [4.69, 9.17) is 0 Å². The summed E-state index contributed by atoms with van der Waals surface area (Å²) in [5.41, 5.74) is 1.15. The highest BCUT2D eigenvalue weighted by Crippen LogP contribution is 2.19. The van der Waals surface area contributed by atoms with Gasteiger partial charge in [-0.15, -0.1) is 0 Å². The third kappa shape index (κ3) is 7.00. The molecule has 1 aromatic rings. The van der Waals surface area contributed by atoms with E-state index in [1.807, 2.05) is 18.5 Å². The minimum atomic E-state index is 1.05. The standard InChI is InChI=1S/C15H25BrN2/c1-2-3-4-5-6-7-8-9-11-18-15-10-12-17-13-14(15)16/h10,12-13H,2-9,11H2,1H3,(H,17,18). The van der Waals surface area contributed by atoms with Crippen LogP contribution in [0.5, 0.6) is 0 Å². The summed E-state index contributed by atoms with van der Waals surface area (Å²) in [5, 5.41) is 3.44. The largest absolute Gasteiger partial charge is 0.384 e. The lowest BCUT2D eigenvalue weighted by atomic mass is 10.1. The van der Waals surface area contributed by atoms with Crippen LogP contribution >= 0.6 is 15.9 Å². The summed E-state index contributed by atoms with van der Waals surface area (Å²) in [6.45, 7) is 3.32. The third-order valence-corrected chi connectivity index (χ3v) is 3.75. The monoisotopic (exact) mass is 312 g/mol. The smallest absolute Gasteiger partial charge is 0.0590 e. The Morgan fingerprint density at radius 1 is 1.06 bits per heavy atom. The molecule has 0 bridgehead atoms. The first-order valence-corrected chi connectivity index (χ1v) is 7.97. The van der Waals surface area contributed by atoms with Crippen LogP contribution in [0.3, 0.4) is 0 Å². The van der Waals surface area contributed by atoms with E-state index in [2.05, 4.69) is 33.2 Å². The first kappa shape index (κ1) is 15.5. The maximum absolute atomic E-state index is 4.05. The molecule has 3 heteroatoms. The molecule has 1 aromatic heterocycles. The van der Waals surface area contributed by atoms with E-state index < -0.39 is 0 Å². The number of unbranched alkanes of at least 4 members (excludes halogenated alkanes) is 7. The van der Waals surface area contributed by atoms with Gasteiger partial charge in [-0.25, -0.2) is 0 Å². The molecule has 0 aliphatic heterocycles. The Labute approximate surface area is 120 Å². The SMILES string of the molecule is CCCCCCCCCCNc1ccncc1Br. The molecule has 1 N–H and O–H groups in total. The lowest BCUT2D eigenvalue weighted by molar-refractivity contribution is 0.581. The Balaban J connectivity index is 1.94. The van der Waals surface area contributed by atoms with E-state index in [1.54, 1.807) is 0 Å². The number of rotatable bonds is 10. The second kappa shape index (κ2) is 10.4. The summed E-state index contributed by atoms with van der Waals surface area (Å²) < 4.78 is 1.05. The lowest BCUT2D eigenvalue weighted by Crippen LogP contribution is -2.02. The minimum absolute atomic E-state index is 1.05. The number of hydrogen-bond acceptors (Lipinski definition) is 2. The number of hydrogen-bond donors (Lipinski definition) is 1. The van der Waals surface area contributed by atoms with Gasteiger partial charge in [0.1, 0.15) is 0 Å². The predicted octanol–water partition coefficient (Wildman–Crippen LogP) is 5.40. The second-order valence-corrected chi connectivity index (χ2v) is 5.61. The van der Waals surface area contributed by atoms with Crippen LogP contribution in [0.2, 0.25) is 0 Å². The van der Waals surface area contributed by atoms with Crippen molar-refractivity contribution in [2.75, 3.05) is 11.9 Å².